The molecule has 0 aromatic carbocycles. The first kappa shape index (κ1) is 16.9. The summed E-state index contributed by atoms with van der Waals surface area (Å²) in [4.78, 5) is 25.5. The van der Waals surface area contributed by atoms with Crippen LogP contribution in [0.2, 0.25) is 0 Å². The lowest BCUT2D eigenvalue weighted by molar-refractivity contribution is -0.141. The molecule has 0 aliphatic carbocycles. The Morgan fingerprint density at radius 2 is 1.95 bits per heavy atom. The van der Waals surface area contributed by atoms with Crippen LogP contribution in [0, 0.1) is 5.92 Å². The molecule has 6 nitrogen and oxygen atoms in total. The standard InChI is InChI=1S/C14H27N3O3/c1-10(2)6-11(13(19)17(4)5)16-12(18)7-20-14(3)8-15-9-14/h10-11,15H,6-9H2,1-5H3,(H,16,18). The first-order chi connectivity index (χ1) is 9.23. The lowest BCUT2D eigenvalue weighted by atomic mass is 10.0. The normalized spacial score (nSPS) is 18.3. The molecule has 116 valence electrons. The largest absolute Gasteiger partial charge is 0.363 e. The summed E-state index contributed by atoms with van der Waals surface area (Å²) >= 11 is 0. The molecule has 0 aromatic rings. The Morgan fingerprint density at radius 1 is 1.35 bits per heavy atom. The second-order valence-electron chi connectivity index (χ2n) is 6.32. The fraction of sp³-hybridized carbons (Fsp3) is 0.857. The van der Waals surface area contributed by atoms with E-state index in [1.165, 1.54) is 4.90 Å². The Labute approximate surface area is 121 Å². The minimum Gasteiger partial charge on any atom is -0.363 e. The molecule has 1 unspecified atom stereocenters. The Hall–Kier alpha value is -1.14. The van der Waals surface area contributed by atoms with Gasteiger partial charge in [0, 0.05) is 27.2 Å². The topological polar surface area (TPSA) is 70.7 Å². The Kier molecular flexibility index (Phi) is 5.95. The van der Waals surface area contributed by atoms with Crippen molar-refractivity contribution in [1.29, 1.82) is 0 Å². The number of nitrogens with zero attached hydrogens (tertiary/aromatic N) is 1. The zero-order valence-electron chi connectivity index (χ0n) is 13.2. The van der Waals surface area contributed by atoms with Crippen molar-refractivity contribution in [3.63, 3.8) is 0 Å². The average molecular weight is 285 g/mol. The van der Waals surface area contributed by atoms with E-state index in [1.807, 2.05) is 20.8 Å². The molecule has 1 heterocycles. The number of hydrogen-bond donors (Lipinski definition) is 2. The van der Waals surface area contributed by atoms with Gasteiger partial charge in [-0.2, -0.15) is 0 Å². The van der Waals surface area contributed by atoms with Gasteiger partial charge in [-0.05, 0) is 19.3 Å². The molecule has 2 N–H and O–H groups in total. The third kappa shape index (κ3) is 5.09. The van der Waals surface area contributed by atoms with Gasteiger partial charge in [0.15, 0.2) is 0 Å². The highest BCUT2D eigenvalue weighted by molar-refractivity contribution is 5.87. The maximum atomic E-state index is 12.0. The monoisotopic (exact) mass is 285 g/mol. The molecule has 0 saturated carbocycles. The van der Waals surface area contributed by atoms with E-state index in [0.29, 0.717) is 12.3 Å². The first-order valence-corrected chi connectivity index (χ1v) is 7.09. The summed E-state index contributed by atoms with van der Waals surface area (Å²) in [6, 6.07) is -0.478. The third-order valence-electron chi connectivity index (χ3n) is 3.33. The molecule has 0 spiro atoms. The summed E-state index contributed by atoms with van der Waals surface area (Å²) in [6.07, 6.45) is 0.627. The maximum absolute atomic E-state index is 12.0. The molecular weight excluding hydrogens is 258 g/mol. The van der Waals surface area contributed by atoms with Gasteiger partial charge in [-0.25, -0.2) is 0 Å². The van der Waals surface area contributed by atoms with Crippen LogP contribution in [-0.4, -0.2) is 62.1 Å². The molecule has 1 aliphatic rings. The minimum absolute atomic E-state index is 0.00646. The van der Waals surface area contributed by atoms with Gasteiger partial charge in [0.05, 0.1) is 5.60 Å². The van der Waals surface area contributed by atoms with Gasteiger partial charge in [0.2, 0.25) is 11.8 Å². The van der Waals surface area contributed by atoms with E-state index in [0.717, 1.165) is 13.1 Å². The van der Waals surface area contributed by atoms with Crippen molar-refractivity contribution >= 4 is 11.8 Å². The zero-order chi connectivity index (χ0) is 15.3. The summed E-state index contributed by atoms with van der Waals surface area (Å²) < 4.78 is 5.57. The van der Waals surface area contributed by atoms with Crippen LogP contribution >= 0.6 is 0 Å². The van der Waals surface area contributed by atoms with Crippen LogP contribution in [0.15, 0.2) is 0 Å². The third-order valence-corrected chi connectivity index (χ3v) is 3.33. The Balaban J connectivity index is 2.46. The molecule has 6 heteroatoms. The Morgan fingerprint density at radius 3 is 2.35 bits per heavy atom. The van der Waals surface area contributed by atoms with Gasteiger partial charge in [-0.3, -0.25) is 9.59 Å². The molecule has 2 amide bonds. The van der Waals surface area contributed by atoms with Crippen molar-refractivity contribution in [3.8, 4) is 0 Å². The lowest BCUT2D eigenvalue weighted by Gasteiger charge is -2.38. The van der Waals surface area contributed by atoms with Gasteiger partial charge in [0.25, 0.3) is 0 Å². The van der Waals surface area contributed by atoms with Crippen LogP contribution in [-0.2, 0) is 14.3 Å². The highest BCUT2D eigenvalue weighted by Crippen LogP contribution is 2.14. The number of nitrogens with one attached hydrogen (secondary N) is 2. The summed E-state index contributed by atoms with van der Waals surface area (Å²) in [5, 5.41) is 5.88. The van der Waals surface area contributed by atoms with Crippen LogP contribution in [0.4, 0.5) is 0 Å². The van der Waals surface area contributed by atoms with Crippen molar-refractivity contribution in [3.05, 3.63) is 0 Å². The summed E-state index contributed by atoms with van der Waals surface area (Å²) in [7, 11) is 3.39. The number of ether oxygens (including phenoxy) is 1. The van der Waals surface area contributed by atoms with Crippen molar-refractivity contribution in [2.24, 2.45) is 5.92 Å². The molecule has 1 rings (SSSR count). The van der Waals surface area contributed by atoms with Gasteiger partial charge in [0.1, 0.15) is 12.6 Å². The first-order valence-electron chi connectivity index (χ1n) is 7.09. The summed E-state index contributed by atoms with van der Waals surface area (Å²) in [6.45, 7) is 7.53. The van der Waals surface area contributed by atoms with Crippen molar-refractivity contribution in [2.75, 3.05) is 33.8 Å². The maximum Gasteiger partial charge on any atom is 0.246 e. The second kappa shape index (κ2) is 7.04. The lowest BCUT2D eigenvalue weighted by Crippen LogP contribution is -2.60. The summed E-state index contributed by atoms with van der Waals surface area (Å²) in [5.74, 6) is 0.0148. The van der Waals surface area contributed by atoms with Crippen LogP contribution in [0.1, 0.15) is 27.2 Å². The highest BCUT2D eigenvalue weighted by Gasteiger charge is 2.33. The van der Waals surface area contributed by atoms with E-state index < -0.39 is 6.04 Å². The van der Waals surface area contributed by atoms with Crippen molar-refractivity contribution in [1.82, 2.24) is 15.5 Å². The highest BCUT2D eigenvalue weighted by atomic mass is 16.5. The number of likely N-dealkylation sites (N-methyl/N-ethyl adjacent to an activating group) is 1. The molecule has 1 fully saturated rings. The van der Waals surface area contributed by atoms with Gasteiger partial charge >= 0.3 is 0 Å². The second-order valence-corrected chi connectivity index (χ2v) is 6.32. The van der Waals surface area contributed by atoms with Crippen molar-refractivity contribution < 1.29 is 14.3 Å². The molecule has 0 aromatic heterocycles. The van der Waals surface area contributed by atoms with Crippen molar-refractivity contribution in [2.45, 2.75) is 38.8 Å². The molecule has 0 radical (unpaired) electrons. The molecule has 0 bridgehead atoms. The van der Waals surface area contributed by atoms with E-state index in [4.69, 9.17) is 4.74 Å². The number of carbonyl (C=O) groups is 2. The molecule has 1 atom stereocenters. The SMILES string of the molecule is CC(C)CC(NC(=O)COC1(C)CNC1)C(=O)N(C)C. The van der Waals surface area contributed by atoms with E-state index in [1.54, 1.807) is 14.1 Å². The molecular formula is C14H27N3O3. The Bertz CT molecular complexity index is 352. The van der Waals surface area contributed by atoms with E-state index in [-0.39, 0.29) is 24.0 Å². The van der Waals surface area contributed by atoms with Gasteiger partial charge in [-0.1, -0.05) is 13.8 Å². The van der Waals surface area contributed by atoms with E-state index in [9.17, 15) is 9.59 Å². The van der Waals surface area contributed by atoms with E-state index in [2.05, 4.69) is 10.6 Å². The predicted octanol–water partition coefficient (Wildman–Crippen LogP) is -0.0160. The summed E-state index contributed by atoms with van der Waals surface area (Å²) in [5.41, 5.74) is -0.254. The van der Waals surface area contributed by atoms with Crippen LogP contribution in [0.25, 0.3) is 0 Å². The molecule has 20 heavy (non-hydrogen) atoms. The fourth-order valence-corrected chi connectivity index (χ4v) is 2.06. The zero-order valence-corrected chi connectivity index (χ0v) is 13.2. The number of hydrogen-bond acceptors (Lipinski definition) is 4. The van der Waals surface area contributed by atoms with Crippen LogP contribution in [0.5, 0.6) is 0 Å². The number of rotatable bonds is 7. The number of amides is 2. The van der Waals surface area contributed by atoms with Gasteiger partial charge in [-0.15, -0.1) is 0 Å². The smallest absolute Gasteiger partial charge is 0.246 e. The molecule has 1 saturated heterocycles. The predicted molar refractivity (Wildman–Crippen MR) is 77.3 cm³/mol. The fourth-order valence-electron chi connectivity index (χ4n) is 2.06. The molecule has 1 aliphatic heterocycles. The minimum atomic E-state index is -0.478. The van der Waals surface area contributed by atoms with Crippen LogP contribution < -0.4 is 10.6 Å². The number of carbonyl (C=O) groups excluding carboxylic acids is 2. The average Bonchev–Trinajstić information content (AvgIpc) is 2.31. The van der Waals surface area contributed by atoms with Gasteiger partial charge < -0.3 is 20.3 Å². The quantitative estimate of drug-likeness (QED) is 0.690. The van der Waals surface area contributed by atoms with Crippen LogP contribution in [0.3, 0.4) is 0 Å². The van der Waals surface area contributed by atoms with E-state index >= 15 is 0 Å².